The van der Waals surface area contributed by atoms with Crippen molar-refractivity contribution in [2.24, 2.45) is 0 Å². The molecule has 0 saturated heterocycles. The van der Waals surface area contributed by atoms with Gasteiger partial charge in [0, 0.05) is 11.8 Å². The van der Waals surface area contributed by atoms with Gasteiger partial charge >= 0.3 is 0 Å². The van der Waals surface area contributed by atoms with E-state index in [4.69, 9.17) is 0 Å². The number of Topliss-reactive ketones (excluding diaryl/α,β-unsaturated/α-hetero) is 1. The lowest BCUT2D eigenvalue weighted by atomic mass is 9.76. The predicted molar refractivity (Wildman–Crippen MR) is 140 cm³/mol. The van der Waals surface area contributed by atoms with Crippen LogP contribution >= 0.6 is 0 Å². The number of carbonyl (C=O) groups is 1. The van der Waals surface area contributed by atoms with E-state index in [1.165, 1.54) is 0 Å². The highest BCUT2D eigenvalue weighted by Gasteiger charge is 2.32. The van der Waals surface area contributed by atoms with Crippen LogP contribution in [-0.4, -0.2) is 26.2 Å². The molecule has 0 aliphatic carbocycles. The Labute approximate surface area is 210 Å². The zero-order chi connectivity index (χ0) is 25.8. The van der Waals surface area contributed by atoms with Crippen molar-refractivity contribution in [2.75, 3.05) is 0 Å². The van der Waals surface area contributed by atoms with Crippen LogP contribution in [0, 0.1) is 13.8 Å². The molecule has 4 aromatic rings. The summed E-state index contributed by atoms with van der Waals surface area (Å²) in [7, 11) is 0. The summed E-state index contributed by atoms with van der Waals surface area (Å²) in [6, 6.07) is 23.8. The van der Waals surface area contributed by atoms with E-state index in [2.05, 4.69) is 0 Å². The van der Waals surface area contributed by atoms with Crippen LogP contribution in [0.5, 0.6) is 23.0 Å². The molecule has 0 fully saturated rings. The molecular formula is C31H30O5. The average Bonchev–Trinajstić information content (AvgIpc) is 2.84. The highest BCUT2D eigenvalue weighted by molar-refractivity contribution is 5.93. The van der Waals surface area contributed by atoms with Crippen LogP contribution in [-0.2, 0) is 17.6 Å². The first-order valence-electron chi connectivity index (χ1n) is 11.9. The fraction of sp³-hybridized carbons (Fsp3) is 0.194. The van der Waals surface area contributed by atoms with E-state index in [-0.39, 0.29) is 28.8 Å². The SMILES string of the molecule is Cc1cc(O)ccc1C(Cc1ccc(O)cc1)C(=O)C(Cc1ccc(O)cc1)c1ccc(O)cc1C. The highest BCUT2D eigenvalue weighted by atomic mass is 16.3. The second kappa shape index (κ2) is 10.6. The summed E-state index contributed by atoms with van der Waals surface area (Å²) in [5, 5.41) is 39.4. The summed E-state index contributed by atoms with van der Waals surface area (Å²) >= 11 is 0. The lowest BCUT2D eigenvalue weighted by Crippen LogP contribution is -2.25. The Bertz CT molecular complexity index is 1250. The quantitative estimate of drug-likeness (QED) is 0.245. The molecule has 0 aliphatic heterocycles. The van der Waals surface area contributed by atoms with Gasteiger partial charge in [-0.15, -0.1) is 0 Å². The highest BCUT2D eigenvalue weighted by Crippen LogP contribution is 2.36. The third kappa shape index (κ3) is 5.69. The Kier molecular flexibility index (Phi) is 7.30. The molecule has 4 rings (SSSR count). The van der Waals surface area contributed by atoms with Crippen molar-refractivity contribution < 1.29 is 25.2 Å². The Balaban J connectivity index is 1.81. The molecule has 5 heteroatoms. The van der Waals surface area contributed by atoms with Crippen LogP contribution < -0.4 is 0 Å². The minimum absolute atomic E-state index is 0.0127. The Morgan fingerprint density at radius 3 is 1.22 bits per heavy atom. The topological polar surface area (TPSA) is 98.0 Å². The zero-order valence-corrected chi connectivity index (χ0v) is 20.3. The lowest BCUT2D eigenvalue weighted by molar-refractivity contribution is -0.122. The zero-order valence-electron chi connectivity index (χ0n) is 20.3. The molecule has 0 heterocycles. The van der Waals surface area contributed by atoms with Crippen LogP contribution in [0.15, 0.2) is 84.9 Å². The predicted octanol–water partition coefficient (Wildman–Crippen LogP) is 6.05. The molecule has 0 amide bonds. The molecule has 2 atom stereocenters. The number of aromatic hydroxyl groups is 4. The van der Waals surface area contributed by atoms with Crippen LogP contribution in [0.3, 0.4) is 0 Å². The summed E-state index contributed by atoms with van der Waals surface area (Å²) in [5.74, 6) is -0.404. The molecule has 0 spiro atoms. The second-order valence-electron chi connectivity index (χ2n) is 9.33. The standard InChI is InChI=1S/C31H30O5/c1-19-15-25(34)11-13-27(19)29(17-21-3-7-23(32)8-4-21)31(36)30(18-22-5-9-24(33)10-6-22)28-14-12-26(35)16-20(28)2/h3-16,29-30,32-35H,17-18H2,1-2H3. The maximum atomic E-state index is 14.4. The van der Waals surface area contributed by atoms with E-state index in [1.54, 1.807) is 60.7 Å². The van der Waals surface area contributed by atoms with Gasteiger partial charge in [0.15, 0.2) is 0 Å². The summed E-state index contributed by atoms with van der Waals surface area (Å²) in [5.41, 5.74) is 5.11. The van der Waals surface area contributed by atoms with Crippen LogP contribution in [0.1, 0.15) is 45.2 Å². The maximum Gasteiger partial charge on any atom is 0.148 e. The molecule has 184 valence electrons. The molecule has 5 nitrogen and oxygen atoms in total. The first kappa shape index (κ1) is 24.9. The molecule has 0 bridgehead atoms. The van der Waals surface area contributed by atoms with Crippen molar-refractivity contribution >= 4 is 5.78 Å². The fourth-order valence-corrected chi connectivity index (χ4v) is 4.81. The number of hydrogen-bond donors (Lipinski definition) is 4. The summed E-state index contributed by atoms with van der Waals surface area (Å²) in [6.45, 7) is 3.76. The summed E-state index contributed by atoms with van der Waals surface area (Å²) in [6.07, 6.45) is 0.849. The van der Waals surface area contributed by atoms with Gasteiger partial charge in [0.1, 0.15) is 28.8 Å². The molecule has 0 aliphatic rings. The molecular weight excluding hydrogens is 452 g/mol. The second-order valence-corrected chi connectivity index (χ2v) is 9.33. The van der Waals surface area contributed by atoms with Crippen molar-refractivity contribution in [2.45, 2.75) is 38.5 Å². The monoisotopic (exact) mass is 482 g/mol. The molecule has 4 N–H and O–H groups in total. The van der Waals surface area contributed by atoms with Crippen molar-refractivity contribution in [1.29, 1.82) is 0 Å². The van der Waals surface area contributed by atoms with Gasteiger partial charge in [0.05, 0.1) is 0 Å². The van der Waals surface area contributed by atoms with Gasteiger partial charge in [-0.1, -0.05) is 36.4 Å². The third-order valence-corrected chi connectivity index (χ3v) is 6.70. The molecule has 4 aromatic carbocycles. The number of carbonyl (C=O) groups excluding carboxylic acids is 1. The lowest BCUT2D eigenvalue weighted by Gasteiger charge is -2.26. The normalized spacial score (nSPS) is 12.7. The van der Waals surface area contributed by atoms with Crippen LogP contribution in [0.25, 0.3) is 0 Å². The molecule has 0 radical (unpaired) electrons. The Morgan fingerprint density at radius 2 is 0.889 bits per heavy atom. The number of hydrogen-bond acceptors (Lipinski definition) is 5. The van der Waals surface area contributed by atoms with E-state index < -0.39 is 11.8 Å². The molecule has 2 unspecified atom stereocenters. The van der Waals surface area contributed by atoms with E-state index in [1.807, 2.05) is 38.1 Å². The van der Waals surface area contributed by atoms with E-state index in [9.17, 15) is 25.2 Å². The van der Waals surface area contributed by atoms with E-state index in [0.717, 1.165) is 33.4 Å². The molecule has 0 aromatic heterocycles. The van der Waals surface area contributed by atoms with Gasteiger partial charge in [0.2, 0.25) is 0 Å². The minimum Gasteiger partial charge on any atom is -0.508 e. The van der Waals surface area contributed by atoms with Crippen molar-refractivity contribution in [1.82, 2.24) is 0 Å². The van der Waals surface area contributed by atoms with Gasteiger partial charge in [0.25, 0.3) is 0 Å². The van der Waals surface area contributed by atoms with Crippen molar-refractivity contribution in [3.05, 3.63) is 118 Å². The maximum absolute atomic E-state index is 14.4. The van der Waals surface area contributed by atoms with Gasteiger partial charge in [-0.05, 0) is 109 Å². The first-order valence-corrected chi connectivity index (χ1v) is 11.9. The number of benzene rings is 4. The fourth-order valence-electron chi connectivity index (χ4n) is 4.81. The number of phenols is 4. The van der Waals surface area contributed by atoms with E-state index >= 15 is 0 Å². The number of aryl methyl sites for hydroxylation is 2. The van der Waals surface area contributed by atoms with Crippen molar-refractivity contribution in [3.8, 4) is 23.0 Å². The van der Waals surface area contributed by atoms with Gasteiger partial charge in [-0.3, -0.25) is 4.79 Å². The van der Waals surface area contributed by atoms with Crippen LogP contribution in [0.2, 0.25) is 0 Å². The molecule has 36 heavy (non-hydrogen) atoms. The smallest absolute Gasteiger partial charge is 0.148 e. The number of rotatable bonds is 8. The Hall–Kier alpha value is -4.25. The first-order chi connectivity index (χ1) is 17.2. The van der Waals surface area contributed by atoms with E-state index in [0.29, 0.717) is 12.8 Å². The third-order valence-electron chi connectivity index (χ3n) is 6.70. The number of ketones is 1. The average molecular weight is 483 g/mol. The largest absolute Gasteiger partial charge is 0.508 e. The molecule has 0 saturated carbocycles. The van der Waals surface area contributed by atoms with Crippen molar-refractivity contribution in [3.63, 3.8) is 0 Å². The summed E-state index contributed by atoms with van der Waals surface area (Å²) in [4.78, 5) is 14.4. The summed E-state index contributed by atoms with van der Waals surface area (Å²) < 4.78 is 0. The minimum atomic E-state index is -0.509. The van der Waals surface area contributed by atoms with Crippen LogP contribution in [0.4, 0.5) is 0 Å². The van der Waals surface area contributed by atoms with Gasteiger partial charge in [-0.2, -0.15) is 0 Å². The van der Waals surface area contributed by atoms with Gasteiger partial charge in [-0.25, -0.2) is 0 Å². The Morgan fingerprint density at radius 1 is 0.556 bits per heavy atom. The number of phenolic OH excluding ortho intramolecular Hbond substituents is 4. The van der Waals surface area contributed by atoms with Gasteiger partial charge < -0.3 is 20.4 Å².